The number of urea groups is 1. The molecule has 2 N–H and O–H groups in total. The lowest BCUT2D eigenvalue weighted by atomic mass is 9.91. The Morgan fingerprint density at radius 2 is 1.93 bits per heavy atom. The van der Waals surface area contributed by atoms with Gasteiger partial charge in [-0.3, -0.25) is 14.5 Å². The van der Waals surface area contributed by atoms with Gasteiger partial charge in [0.05, 0.1) is 11.6 Å². The highest BCUT2D eigenvalue weighted by Crippen LogP contribution is 2.29. The quantitative estimate of drug-likeness (QED) is 0.815. The summed E-state index contributed by atoms with van der Waals surface area (Å²) in [6.07, 6.45) is 0. The SMILES string of the molecule is Cc1ccc(C2(C)NC(=O)N(CC(=O)Nc3cccc(C#N)c3)C2=O)cc1. The van der Waals surface area contributed by atoms with E-state index in [4.69, 9.17) is 5.26 Å². The molecule has 7 nitrogen and oxygen atoms in total. The number of carbonyl (C=O) groups excluding carboxylic acids is 3. The Bertz CT molecular complexity index is 962. The van der Waals surface area contributed by atoms with Gasteiger partial charge in [0.25, 0.3) is 5.91 Å². The number of hydrogen-bond acceptors (Lipinski definition) is 4. The number of nitrogens with one attached hydrogen (secondary N) is 2. The number of nitriles is 1. The minimum atomic E-state index is -1.22. The van der Waals surface area contributed by atoms with Gasteiger partial charge < -0.3 is 10.6 Å². The van der Waals surface area contributed by atoms with Crippen molar-refractivity contribution in [2.45, 2.75) is 19.4 Å². The minimum absolute atomic E-state index is 0.398. The molecule has 3 rings (SSSR count). The van der Waals surface area contributed by atoms with E-state index in [0.717, 1.165) is 10.5 Å². The van der Waals surface area contributed by atoms with Crippen LogP contribution >= 0.6 is 0 Å². The molecule has 0 aliphatic carbocycles. The van der Waals surface area contributed by atoms with Gasteiger partial charge in [0.15, 0.2) is 0 Å². The van der Waals surface area contributed by atoms with E-state index in [1.54, 1.807) is 37.3 Å². The molecule has 2 aromatic rings. The number of amides is 4. The number of aryl methyl sites for hydroxylation is 1. The Kier molecular flexibility index (Phi) is 4.65. The largest absolute Gasteiger partial charge is 0.325 e. The third-order valence-electron chi connectivity index (χ3n) is 4.48. The normalized spacial score (nSPS) is 18.8. The number of nitrogens with zero attached hydrogens (tertiary/aromatic N) is 2. The van der Waals surface area contributed by atoms with Crippen LogP contribution in [0, 0.1) is 18.3 Å². The Balaban J connectivity index is 1.74. The maximum absolute atomic E-state index is 12.8. The Labute approximate surface area is 156 Å². The summed E-state index contributed by atoms with van der Waals surface area (Å²) in [6, 6.07) is 15.0. The van der Waals surface area contributed by atoms with E-state index in [1.807, 2.05) is 25.1 Å². The molecule has 136 valence electrons. The fraction of sp³-hybridized carbons (Fsp3) is 0.200. The third kappa shape index (κ3) is 3.51. The Hall–Kier alpha value is -3.66. The molecule has 1 fully saturated rings. The number of carbonyl (C=O) groups is 3. The molecule has 0 bridgehead atoms. The molecule has 1 unspecified atom stereocenters. The van der Waals surface area contributed by atoms with Gasteiger partial charge in [-0.1, -0.05) is 35.9 Å². The first-order chi connectivity index (χ1) is 12.8. The highest BCUT2D eigenvalue weighted by Gasteiger charge is 2.49. The van der Waals surface area contributed by atoms with Gasteiger partial charge in [-0.2, -0.15) is 5.26 Å². The van der Waals surface area contributed by atoms with E-state index < -0.39 is 29.9 Å². The molecule has 1 aliphatic heterocycles. The molecular formula is C20H18N4O3. The van der Waals surface area contributed by atoms with Crippen LogP contribution in [0.15, 0.2) is 48.5 Å². The van der Waals surface area contributed by atoms with Crippen LogP contribution in [0.1, 0.15) is 23.6 Å². The molecule has 1 saturated heterocycles. The first-order valence-corrected chi connectivity index (χ1v) is 8.35. The highest BCUT2D eigenvalue weighted by atomic mass is 16.2. The van der Waals surface area contributed by atoms with Crippen LogP contribution in [-0.4, -0.2) is 29.3 Å². The molecule has 1 atom stereocenters. The molecule has 1 heterocycles. The summed E-state index contributed by atoms with van der Waals surface area (Å²) in [5.41, 5.74) is 1.29. The predicted octanol–water partition coefficient (Wildman–Crippen LogP) is 2.27. The summed E-state index contributed by atoms with van der Waals surface area (Å²) >= 11 is 0. The summed E-state index contributed by atoms with van der Waals surface area (Å²) in [7, 11) is 0. The summed E-state index contributed by atoms with van der Waals surface area (Å²) in [5, 5.41) is 14.2. The maximum Gasteiger partial charge on any atom is 0.325 e. The number of benzene rings is 2. The summed E-state index contributed by atoms with van der Waals surface area (Å²) in [5.74, 6) is -1.01. The van der Waals surface area contributed by atoms with Crippen LogP contribution in [0.3, 0.4) is 0 Å². The van der Waals surface area contributed by atoms with Crippen LogP contribution in [0.5, 0.6) is 0 Å². The fourth-order valence-electron chi connectivity index (χ4n) is 2.93. The standard InChI is InChI=1S/C20H18N4O3/c1-13-6-8-15(9-7-13)20(2)18(26)24(19(27)23-20)12-17(25)22-16-5-3-4-14(10-16)11-21/h3-10H,12H2,1-2H3,(H,22,25)(H,23,27). The van der Waals surface area contributed by atoms with Gasteiger partial charge in [-0.25, -0.2) is 4.79 Å². The predicted molar refractivity (Wildman–Crippen MR) is 98.6 cm³/mol. The van der Waals surface area contributed by atoms with Crippen molar-refractivity contribution in [2.24, 2.45) is 0 Å². The van der Waals surface area contributed by atoms with Gasteiger partial charge in [0, 0.05) is 5.69 Å². The van der Waals surface area contributed by atoms with Crippen molar-refractivity contribution in [3.05, 3.63) is 65.2 Å². The maximum atomic E-state index is 12.8. The molecule has 0 radical (unpaired) electrons. The van der Waals surface area contributed by atoms with Gasteiger partial charge in [0.1, 0.15) is 12.1 Å². The van der Waals surface area contributed by atoms with E-state index in [2.05, 4.69) is 10.6 Å². The zero-order valence-electron chi connectivity index (χ0n) is 14.9. The summed E-state index contributed by atoms with van der Waals surface area (Å²) < 4.78 is 0. The number of anilines is 1. The average molecular weight is 362 g/mol. The van der Waals surface area contributed by atoms with Gasteiger partial charge in [0.2, 0.25) is 5.91 Å². The van der Waals surface area contributed by atoms with Gasteiger partial charge in [-0.15, -0.1) is 0 Å². The van der Waals surface area contributed by atoms with Crippen LogP contribution in [0.4, 0.5) is 10.5 Å². The minimum Gasteiger partial charge on any atom is -0.324 e. The van der Waals surface area contributed by atoms with Crippen molar-refractivity contribution < 1.29 is 14.4 Å². The van der Waals surface area contributed by atoms with E-state index in [9.17, 15) is 14.4 Å². The second-order valence-electron chi connectivity index (χ2n) is 6.55. The molecule has 0 spiro atoms. The monoisotopic (exact) mass is 362 g/mol. The average Bonchev–Trinajstić information content (AvgIpc) is 2.86. The van der Waals surface area contributed by atoms with E-state index >= 15 is 0 Å². The fourth-order valence-corrected chi connectivity index (χ4v) is 2.93. The van der Waals surface area contributed by atoms with Crippen molar-refractivity contribution in [2.75, 3.05) is 11.9 Å². The number of imide groups is 1. The van der Waals surface area contributed by atoms with Gasteiger partial charge >= 0.3 is 6.03 Å². The Morgan fingerprint density at radius 3 is 2.59 bits per heavy atom. The lowest BCUT2D eigenvalue weighted by molar-refractivity contribution is -0.133. The van der Waals surface area contributed by atoms with Gasteiger partial charge in [-0.05, 0) is 37.6 Å². The molecule has 0 saturated carbocycles. The third-order valence-corrected chi connectivity index (χ3v) is 4.48. The van der Waals surface area contributed by atoms with Crippen molar-refractivity contribution in [1.29, 1.82) is 5.26 Å². The first kappa shape index (κ1) is 18.1. The zero-order chi connectivity index (χ0) is 19.6. The molecule has 0 aromatic heterocycles. The van der Waals surface area contributed by atoms with Crippen LogP contribution < -0.4 is 10.6 Å². The molecule has 1 aliphatic rings. The van der Waals surface area contributed by atoms with Crippen LogP contribution in [-0.2, 0) is 15.1 Å². The lowest BCUT2D eigenvalue weighted by Gasteiger charge is -2.22. The topological polar surface area (TPSA) is 102 Å². The number of hydrogen-bond donors (Lipinski definition) is 2. The first-order valence-electron chi connectivity index (χ1n) is 8.35. The van der Waals surface area contributed by atoms with Crippen molar-refractivity contribution in [3.63, 3.8) is 0 Å². The van der Waals surface area contributed by atoms with E-state index in [0.29, 0.717) is 16.8 Å². The zero-order valence-corrected chi connectivity index (χ0v) is 14.9. The number of rotatable bonds is 4. The van der Waals surface area contributed by atoms with Crippen LogP contribution in [0.2, 0.25) is 0 Å². The molecule has 7 heteroatoms. The van der Waals surface area contributed by atoms with E-state index in [-0.39, 0.29) is 0 Å². The lowest BCUT2D eigenvalue weighted by Crippen LogP contribution is -2.42. The van der Waals surface area contributed by atoms with Crippen molar-refractivity contribution in [1.82, 2.24) is 10.2 Å². The second kappa shape index (κ2) is 6.92. The van der Waals surface area contributed by atoms with Crippen LogP contribution in [0.25, 0.3) is 0 Å². The second-order valence-corrected chi connectivity index (χ2v) is 6.55. The summed E-state index contributed by atoms with van der Waals surface area (Å²) in [4.78, 5) is 38.3. The smallest absolute Gasteiger partial charge is 0.324 e. The Morgan fingerprint density at radius 1 is 1.22 bits per heavy atom. The highest BCUT2D eigenvalue weighted by molar-refractivity contribution is 6.10. The molecular weight excluding hydrogens is 344 g/mol. The summed E-state index contributed by atoms with van der Waals surface area (Å²) in [6.45, 7) is 3.13. The van der Waals surface area contributed by atoms with Crippen molar-refractivity contribution in [3.8, 4) is 6.07 Å². The van der Waals surface area contributed by atoms with Crippen molar-refractivity contribution >= 4 is 23.5 Å². The molecule has 4 amide bonds. The van der Waals surface area contributed by atoms with E-state index in [1.165, 1.54) is 6.07 Å². The molecule has 2 aromatic carbocycles. The molecule has 27 heavy (non-hydrogen) atoms.